The summed E-state index contributed by atoms with van der Waals surface area (Å²) in [5.74, 6) is -0.442. The first-order valence-corrected chi connectivity index (χ1v) is 8.87. The van der Waals surface area contributed by atoms with Gasteiger partial charge in [-0.25, -0.2) is 9.37 Å². The number of hydrogen-bond donors (Lipinski definition) is 1. The van der Waals surface area contributed by atoms with E-state index in [1.807, 2.05) is 24.3 Å². The van der Waals surface area contributed by atoms with Crippen LogP contribution in [0.25, 0.3) is 22.3 Å². The second kappa shape index (κ2) is 7.29. The number of nitrogens with one attached hydrogen (secondary N) is 1. The maximum absolute atomic E-state index is 13.8. The summed E-state index contributed by atoms with van der Waals surface area (Å²) in [5, 5.41) is 8.43. The molecule has 0 amide bonds. The molecule has 4 nitrogen and oxygen atoms in total. The molecule has 0 saturated carbocycles. The Hall–Kier alpha value is -3.05. The first kappa shape index (κ1) is 17.4. The Bertz CT molecular complexity index is 1100. The summed E-state index contributed by atoms with van der Waals surface area (Å²) in [6.45, 7) is 0. The van der Waals surface area contributed by atoms with Gasteiger partial charge in [0, 0.05) is 39.7 Å². The van der Waals surface area contributed by atoms with E-state index < -0.39 is 0 Å². The Morgan fingerprint density at radius 1 is 1.07 bits per heavy atom. The minimum absolute atomic E-state index is 0.0583. The first-order valence-electron chi connectivity index (χ1n) is 8.49. The quantitative estimate of drug-likeness (QED) is 0.483. The molecule has 0 aliphatic rings. The molecule has 0 spiro atoms. The van der Waals surface area contributed by atoms with Crippen molar-refractivity contribution in [2.75, 3.05) is 0 Å². The molecular formula is C21H15ClFN3O. The van der Waals surface area contributed by atoms with Crippen LogP contribution in [0.1, 0.15) is 22.3 Å². The Kier molecular flexibility index (Phi) is 4.69. The number of fused-ring (bicyclic) bond motifs is 1. The molecule has 0 bridgehead atoms. The number of hydrogen-bond acceptors (Lipinski definition) is 3. The third-order valence-electron chi connectivity index (χ3n) is 4.49. The van der Waals surface area contributed by atoms with Gasteiger partial charge in [0.25, 0.3) is 0 Å². The lowest BCUT2D eigenvalue weighted by atomic mass is 10.0. The van der Waals surface area contributed by atoms with Gasteiger partial charge in [0.1, 0.15) is 5.82 Å². The minimum atomic E-state index is -0.384. The predicted octanol–water partition coefficient (Wildman–Crippen LogP) is 5.23. The smallest absolute Gasteiger partial charge is 0.181 e. The van der Waals surface area contributed by atoms with E-state index >= 15 is 0 Å². The van der Waals surface area contributed by atoms with Crippen LogP contribution in [0.15, 0.2) is 60.8 Å². The Balaban J connectivity index is 1.51. The van der Waals surface area contributed by atoms with Gasteiger partial charge in [0.15, 0.2) is 11.4 Å². The monoisotopic (exact) mass is 379 g/mol. The molecule has 0 saturated heterocycles. The molecule has 2 aromatic heterocycles. The zero-order valence-electron chi connectivity index (χ0n) is 14.2. The van der Waals surface area contributed by atoms with E-state index in [0.29, 0.717) is 21.8 Å². The number of aromatic nitrogens is 3. The molecule has 0 aliphatic heterocycles. The van der Waals surface area contributed by atoms with Crippen LogP contribution >= 0.6 is 11.6 Å². The van der Waals surface area contributed by atoms with Gasteiger partial charge in [-0.1, -0.05) is 41.9 Å². The molecule has 2 heterocycles. The molecule has 27 heavy (non-hydrogen) atoms. The highest BCUT2D eigenvalue weighted by molar-refractivity contribution is 6.31. The van der Waals surface area contributed by atoms with Crippen LogP contribution in [0, 0.1) is 5.82 Å². The van der Waals surface area contributed by atoms with Crippen molar-refractivity contribution >= 4 is 28.4 Å². The molecule has 4 rings (SSSR count). The van der Waals surface area contributed by atoms with Crippen molar-refractivity contribution in [3.8, 4) is 11.3 Å². The van der Waals surface area contributed by atoms with E-state index in [-0.39, 0.29) is 24.4 Å². The number of benzene rings is 2. The van der Waals surface area contributed by atoms with Crippen molar-refractivity contribution in [3.63, 3.8) is 0 Å². The molecule has 0 fully saturated rings. The number of aromatic amines is 1. The number of rotatable bonds is 5. The van der Waals surface area contributed by atoms with E-state index in [4.69, 9.17) is 11.6 Å². The SMILES string of the molecule is O=C(CCc1c(F)cccc1Cl)c1ccc(-c2[nH]nc3ncccc23)cc1. The molecule has 4 aromatic rings. The van der Waals surface area contributed by atoms with Crippen LogP contribution in [0.3, 0.4) is 0 Å². The van der Waals surface area contributed by atoms with Crippen molar-refractivity contribution in [1.82, 2.24) is 15.2 Å². The fourth-order valence-corrected chi connectivity index (χ4v) is 3.30. The van der Waals surface area contributed by atoms with Crippen molar-refractivity contribution in [2.24, 2.45) is 0 Å². The summed E-state index contributed by atoms with van der Waals surface area (Å²) in [4.78, 5) is 16.7. The van der Waals surface area contributed by atoms with Gasteiger partial charge < -0.3 is 0 Å². The average Bonchev–Trinajstić information content (AvgIpc) is 3.12. The van der Waals surface area contributed by atoms with Crippen LogP contribution in [0.2, 0.25) is 5.02 Å². The number of halogens is 2. The third kappa shape index (κ3) is 3.46. The number of nitrogens with zero attached hydrogens (tertiary/aromatic N) is 2. The molecule has 0 radical (unpaired) electrons. The van der Waals surface area contributed by atoms with Crippen molar-refractivity contribution < 1.29 is 9.18 Å². The van der Waals surface area contributed by atoms with Crippen LogP contribution in [0.5, 0.6) is 0 Å². The zero-order valence-corrected chi connectivity index (χ0v) is 15.0. The number of carbonyl (C=O) groups excluding carboxylic acids is 1. The van der Waals surface area contributed by atoms with Gasteiger partial charge in [-0.15, -0.1) is 0 Å². The lowest BCUT2D eigenvalue weighted by Crippen LogP contribution is -2.03. The molecular weight excluding hydrogens is 365 g/mol. The lowest BCUT2D eigenvalue weighted by molar-refractivity contribution is 0.0982. The normalized spacial score (nSPS) is 11.0. The molecule has 6 heteroatoms. The number of Topliss-reactive ketones (excluding diaryl/α,β-unsaturated/α-hetero) is 1. The van der Waals surface area contributed by atoms with Crippen molar-refractivity contribution in [2.45, 2.75) is 12.8 Å². The van der Waals surface area contributed by atoms with E-state index in [1.165, 1.54) is 6.07 Å². The van der Waals surface area contributed by atoms with Crippen LogP contribution in [-0.4, -0.2) is 21.0 Å². The summed E-state index contributed by atoms with van der Waals surface area (Å²) in [6, 6.07) is 15.6. The zero-order chi connectivity index (χ0) is 18.8. The molecule has 2 aromatic carbocycles. The van der Waals surface area contributed by atoms with E-state index in [2.05, 4.69) is 15.2 Å². The number of ketones is 1. The Morgan fingerprint density at radius 3 is 2.67 bits per heavy atom. The maximum Gasteiger partial charge on any atom is 0.181 e. The van der Waals surface area contributed by atoms with E-state index in [1.54, 1.807) is 30.5 Å². The molecule has 0 atom stereocenters. The summed E-state index contributed by atoms with van der Waals surface area (Å²) in [5.41, 5.74) is 3.37. The van der Waals surface area contributed by atoms with Gasteiger partial charge in [-0.05, 0) is 30.7 Å². The highest BCUT2D eigenvalue weighted by Gasteiger charge is 2.13. The number of pyridine rings is 1. The fraction of sp³-hybridized carbons (Fsp3) is 0.0952. The van der Waals surface area contributed by atoms with Gasteiger partial charge in [0.05, 0.1) is 5.69 Å². The van der Waals surface area contributed by atoms with Gasteiger partial charge >= 0.3 is 0 Å². The number of carbonyl (C=O) groups is 1. The highest BCUT2D eigenvalue weighted by Crippen LogP contribution is 2.26. The third-order valence-corrected chi connectivity index (χ3v) is 4.84. The van der Waals surface area contributed by atoms with E-state index in [0.717, 1.165) is 16.6 Å². The molecule has 0 unspecified atom stereocenters. The maximum atomic E-state index is 13.8. The van der Waals surface area contributed by atoms with Gasteiger partial charge in [-0.2, -0.15) is 5.10 Å². The van der Waals surface area contributed by atoms with Crippen molar-refractivity contribution in [1.29, 1.82) is 0 Å². The summed E-state index contributed by atoms with van der Waals surface area (Å²) in [7, 11) is 0. The van der Waals surface area contributed by atoms with Crippen LogP contribution in [0.4, 0.5) is 4.39 Å². The average molecular weight is 380 g/mol. The Labute approximate surface area is 160 Å². The first-order chi connectivity index (χ1) is 13.1. The molecule has 134 valence electrons. The Morgan fingerprint density at radius 2 is 1.89 bits per heavy atom. The summed E-state index contributed by atoms with van der Waals surface area (Å²) < 4.78 is 13.8. The number of H-pyrrole nitrogens is 1. The largest absolute Gasteiger partial charge is 0.294 e. The minimum Gasteiger partial charge on any atom is -0.294 e. The second-order valence-electron chi connectivity index (χ2n) is 6.17. The summed E-state index contributed by atoms with van der Waals surface area (Å²) in [6.07, 6.45) is 2.15. The fourth-order valence-electron chi connectivity index (χ4n) is 3.05. The lowest BCUT2D eigenvalue weighted by Gasteiger charge is -2.06. The van der Waals surface area contributed by atoms with E-state index in [9.17, 15) is 9.18 Å². The van der Waals surface area contributed by atoms with Crippen LogP contribution in [-0.2, 0) is 6.42 Å². The van der Waals surface area contributed by atoms with Gasteiger partial charge in [0.2, 0.25) is 0 Å². The highest BCUT2D eigenvalue weighted by atomic mass is 35.5. The predicted molar refractivity (Wildman–Crippen MR) is 103 cm³/mol. The molecule has 1 N–H and O–H groups in total. The molecule has 0 aliphatic carbocycles. The standard InChI is InChI=1S/C21H15ClFN3O/c22-17-4-1-5-18(23)15(17)10-11-19(27)13-6-8-14(9-7-13)20-16-3-2-12-24-21(16)26-25-20/h1-9,12H,10-11H2,(H,24,25,26). The second-order valence-corrected chi connectivity index (χ2v) is 6.58. The topological polar surface area (TPSA) is 58.6 Å². The van der Waals surface area contributed by atoms with Crippen LogP contribution < -0.4 is 0 Å². The summed E-state index contributed by atoms with van der Waals surface area (Å²) >= 11 is 6.02. The van der Waals surface area contributed by atoms with Gasteiger partial charge in [-0.3, -0.25) is 9.89 Å². The van der Waals surface area contributed by atoms with Crippen molar-refractivity contribution in [3.05, 3.63) is 82.8 Å².